The Morgan fingerprint density at radius 2 is 2.00 bits per heavy atom. The third-order valence-electron chi connectivity index (χ3n) is 3.27. The summed E-state index contributed by atoms with van der Waals surface area (Å²) < 4.78 is 33.6. The first-order chi connectivity index (χ1) is 10.8. The molecule has 0 radical (unpaired) electrons. The van der Waals surface area contributed by atoms with Crippen LogP contribution in [0, 0.1) is 0 Å². The van der Waals surface area contributed by atoms with E-state index in [0.717, 1.165) is 4.47 Å². The maximum atomic E-state index is 12.5. The van der Waals surface area contributed by atoms with Gasteiger partial charge in [-0.3, -0.25) is 9.52 Å². The Morgan fingerprint density at radius 3 is 2.74 bits per heavy atom. The molecule has 0 fully saturated rings. The molecule has 6 nitrogen and oxygen atoms in total. The van der Waals surface area contributed by atoms with Gasteiger partial charge in [0.05, 0.1) is 10.6 Å². The first-order valence-electron chi connectivity index (χ1n) is 6.75. The Kier molecular flexibility index (Phi) is 4.03. The van der Waals surface area contributed by atoms with E-state index in [1.165, 1.54) is 18.2 Å². The smallest absolute Gasteiger partial charge is 0.265 e. The zero-order valence-electron chi connectivity index (χ0n) is 12.0. The summed E-state index contributed by atoms with van der Waals surface area (Å²) in [4.78, 5) is 11.7. The summed E-state index contributed by atoms with van der Waals surface area (Å²) in [5, 5.41) is 2.63. The molecule has 1 heterocycles. The first kappa shape index (κ1) is 15.8. The van der Waals surface area contributed by atoms with Crippen LogP contribution in [0.3, 0.4) is 0 Å². The van der Waals surface area contributed by atoms with Gasteiger partial charge in [0.15, 0.2) is 6.10 Å². The molecule has 0 aliphatic carbocycles. The lowest BCUT2D eigenvalue weighted by atomic mass is 10.2. The summed E-state index contributed by atoms with van der Waals surface area (Å²) in [7, 11) is -3.77. The van der Waals surface area contributed by atoms with Crippen molar-refractivity contribution in [2.75, 3.05) is 10.0 Å². The van der Waals surface area contributed by atoms with Gasteiger partial charge in [-0.1, -0.05) is 22.0 Å². The molecular formula is C15H13BrN2O4S. The second-order valence-corrected chi connectivity index (χ2v) is 7.62. The van der Waals surface area contributed by atoms with Crippen LogP contribution in [0.4, 0.5) is 11.4 Å². The quantitative estimate of drug-likeness (QED) is 0.834. The van der Waals surface area contributed by atoms with Crippen molar-refractivity contribution in [2.45, 2.75) is 17.9 Å². The molecule has 0 aromatic heterocycles. The number of carbonyl (C=O) groups excluding carboxylic acids is 1. The molecule has 3 rings (SSSR count). The minimum Gasteiger partial charge on any atom is -0.479 e. The number of hydrogen-bond acceptors (Lipinski definition) is 4. The minimum atomic E-state index is -3.77. The molecule has 1 amide bonds. The van der Waals surface area contributed by atoms with Gasteiger partial charge < -0.3 is 10.1 Å². The summed E-state index contributed by atoms with van der Waals surface area (Å²) in [5.74, 6) is 0.130. The van der Waals surface area contributed by atoms with E-state index >= 15 is 0 Å². The average molecular weight is 397 g/mol. The molecule has 2 aromatic rings. The van der Waals surface area contributed by atoms with E-state index in [0.29, 0.717) is 17.1 Å². The summed E-state index contributed by atoms with van der Waals surface area (Å²) in [6.45, 7) is 1.62. The van der Waals surface area contributed by atoms with Gasteiger partial charge in [0, 0.05) is 10.2 Å². The van der Waals surface area contributed by atoms with E-state index in [-0.39, 0.29) is 10.8 Å². The van der Waals surface area contributed by atoms with Crippen LogP contribution in [0.1, 0.15) is 6.92 Å². The van der Waals surface area contributed by atoms with Crippen LogP contribution < -0.4 is 14.8 Å². The Morgan fingerprint density at radius 1 is 1.22 bits per heavy atom. The van der Waals surface area contributed by atoms with E-state index in [4.69, 9.17) is 4.74 Å². The van der Waals surface area contributed by atoms with Gasteiger partial charge >= 0.3 is 0 Å². The van der Waals surface area contributed by atoms with Gasteiger partial charge in [-0.25, -0.2) is 8.42 Å². The zero-order chi connectivity index (χ0) is 16.6. The highest BCUT2D eigenvalue weighted by molar-refractivity contribution is 9.10. The molecule has 1 unspecified atom stereocenters. The molecule has 0 saturated heterocycles. The predicted octanol–water partition coefficient (Wildman–Crippen LogP) is 2.97. The maximum Gasteiger partial charge on any atom is 0.265 e. The lowest BCUT2D eigenvalue weighted by Crippen LogP contribution is -2.34. The van der Waals surface area contributed by atoms with Crippen LogP contribution in [0.5, 0.6) is 5.75 Å². The standard InChI is InChI=1S/C15H13BrN2O4S/c1-9-15(19)17-13-8-12(5-6-14(13)22-9)23(20,21)18-11-4-2-3-10(16)7-11/h2-9,18H,1H3,(H,17,19). The molecule has 2 N–H and O–H groups in total. The fourth-order valence-electron chi connectivity index (χ4n) is 2.12. The van der Waals surface area contributed by atoms with Gasteiger partial charge in [-0.05, 0) is 43.3 Å². The molecule has 1 atom stereocenters. The molecule has 2 aromatic carbocycles. The number of ether oxygens (including phenoxy) is 1. The number of benzene rings is 2. The third kappa shape index (κ3) is 3.32. The highest BCUT2D eigenvalue weighted by Gasteiger charge is 2.25. The summed E-state index contributed by atoms with van der Waals surface area (Å²) >= 11 is 3.29. The first-order valence-corrected chi connectivity index (χ1v) is 9.03. The highest BCUT2D eigenvalue weighted by Crippen LogP contribution is 2.32. The number of nitrogens with one attached hydrogen (secondary N) is 2. The minimum absolute atomic E-state index is 0.0367. The van der Waals surface area contributed by atoms with E-state index < -0.39 is 16.1 Å². The predicted molar refractivity (Wildman–Crippen MR) is 90.1 cm³/mol. The molecule has 0 bridgehead atoms. The van der Waals surface area contributed by atoms with Crippen LogP contribution in [0.15, 0.2) is 51.8 Å². The topological polar surface area (TPSA) is 84.5 Å². The van der Waals surface area contributed by atoms with Crippen molar-refractivity contribution >= 4 is 43.2 Å². The Labute approximate surface area is 142 Å². The Hall–Kier alpha value is -2.06. The number of amides is 1. The van der Waals surface area contributed by atoms with Crippen LogP contribution in [0.25, 0.3) is 0 Å². The van der Waals surface area contributed by atoms with Crippen LogP contribution in [0.2, 0.25) is 0 Å². The number of sulfonamides is 1. The normalized spacial score (nSPS) is 17.0. The number of anilines is 2. The molecule has 120 valence electrons. The van der Waals surface area contributed by atoms with E-state index in [2.05, 4.69) is 26.0 Å². The van der Waals surface area contributed by atoms with Crippen molar-refractivity contribution < 1.29 is 17.9 Å². The number of halogens is 1. The summed E-state index contributed by atoms with van der Waals surface area (Å²) in [5.41, 5.74) is 0.774. The van der Waals surface area contributed by atoms with Crippen molar-refractivity contribution in [2.24, 2.45) is 0 Å². The van der Waals surface area contributed by atoms with Crippen molar-refractivity contribution in [3.05, 3.63) is 46.9 Å². The molecule has 8 heteroatoms. The van der Waals surface area contributed by atoms with Crippen LogP contribution in [-0.4, -0.2) is 20.4 Å². The van der Waals surface area contributed by atoms with Gasteiger partial charge in [0.25, 0.3) is 15.9 Å². The number of rotatable bonds is 3. The third-order valence-corrected chi connectivity index (χ3v) is 5.14. The van der Waals surface area contributed by atoms with E-state index in [9.17, 15) is 13.2 Å². The Balaban J connectivity index is 1.92. The number of hydrogen-bond donors (Lipinski definition) is 2. The molecule has 0 saturated carbocycles. The van der Waals surface area contributed by atoms with Crippen molar-refractivity contribution in [3.8, 4) is 5.75 Å². The van der Waals surface area contributed by atoms with Gasteiger partial charge in [-0.15, -0.1) is 0 Å². The summed E-state index contributed by atoms with van der Waals surface area (Å²) in [6.07, 6.45) is -0.607. The summed E-state index contributed by atoms with van der Waals surface area (Å²) in [6, 6.07) is 11.2. The average Bonchev–Trinajstić information content (AvgIpc) is 2.47. The largest absolute Gasteiger partial charge is 0.479 e. The highest BCUT2D eigenvalue weighted by atomic mass is 79.9. The molecular weight excluding hydrogens is 384 g/mol. The van der Waals surface area contributed by atoms with E-state index in [1.807, 2.05) is 0 Å². The van der Waals surface area contributed by atoms with E-state index in [1.54, 1.807) is 31.2 Å². The lowest BCUT2D eigenvalue weighted by molar-refractivity contribution is -0.122. The maximum absolute atomic E-state index is 12.5. The molecule has 1 aliphatic rings. The van der Waals surface area contributed by atoms with Crippen molar-refractivity contribution in [1.29, 1.82) is 0 Å². The van der Waals surface area contributed by atoms with Crippen LogP contribution >= 0.6 is 15.9 Å². The number of carbonyl (C=O) groups is 1. The Bertz CT molecular complexity index is 883. The fraction of sp³-hybridized carbons (Fsp3) is 0.133. The monoisotopic (exact) mass is 396 g/mol. The zero-order valence-corrected chi connectivity index (χ0v) is 14.4. The van der Waals surface area contributed by atoms with Gasteiger partial charge in [0.1, 0.15) is 5.75 Å². The molecule has 0 spiro atoms. The molecule has 1 aliphatic heterocycles. The van der Waals surface area contributed by atoms with Crippen molar-refractivity contribution in [3.63, 3.8) is 0 Å². The second kappa shape index (κ2) is 5.86. The van der Waals surface area contributed by atoms with Crippen LogP contribution in [-0.2, 0) is 14.8 Å². The fourth-order valence-corrected chi connectivity index (χ4v) is 3.60. The van der Waals surface area contributed by atoms with Gasteiger partial charge in [-0.2, -0.15) is 0 Å². The van der Waals surface area contributed by atoms with Gasteiger partial charge in [0.2, 0.25) is 0 Å². The number of fused-ring (bicyclic) bond motifs is 1. The van der Waals surface area contributed by atoms with Crippen molar-refractivity contribution in [1.82, 2.24) is 0 Å². The second-order valence-electron chi connectivity index (χ2n) is 5.02. The SMILES string of the molecule is CC1Oc2ccc(S(=O)(=O)Nc3cccc(Br)c3)cc2NC1=O. The molecule has 23 heavy (non-hydrogen) atoms. The lowest BCUT2D eigenvalue weighted by Gasteiger charge is -2.23.